The SMILES string of the molecule is C=C[C@@H]1CC(=C)CN1C(=O)c1cc(C)c(OCc2cc(CCCC)cc(COc3cc4c(cc3OC)C(=O)N3CC(=C)CC3C=N4)c2)cc1N. The average molecular weight is 675 g/mol. The molecule has 3 aliphatic heterocycles. The van der Waals surface area contributed by atoms with Gasteiger partial charge in [-0.15, -0.1) is 6.58 Å². The summed E-state index contributed by atoms with van der Waals surface area (Å²) < 4.78 is 18.3. The van der Waals surface area contributed by atoms with Crippen LogP contribution >= 0.6 is 0 Å². The molecule has 2 atom stereocenters. The van der Waals surface area contributed by atoms with Crippen LogP contribution in [-0.2, 0) is 19.6 Å². The third-order valence-corrected chi connectivity index (χ3v) is 9.57. The first-order valence-corrected chi connectivity index (χ1v) is 17.2. The van der Waals surface area contributed by atoms with E-state index in [0.29, 0.717) is 72.3 Å². The van der Waals surface area contributed by atoms with Crippen LogP contribution in [0.4, 0.5) is 11.4 Å². The smallest absolute Gasteiger partial charge is 0.257 e. The number of nitrogens with zero attached hydrogens (tertiary/aromatic N) is 3. The van der Waals surface area contributed by atoms with Gasteiger partial charge in [-0.2, -0.15) is 0 Å². The Balaban J connectivity index is 1.19. The summed E-state index contributed by atoms with van der Waals surface area (Å²) in [7, 11) is 1.57. The minimum absolute atomic E-state index is 0.0847. The Labute approximate surface area is 294 Å². The molecule has 3 aromatic rings. The van der Waals surface area contributed by atoms with Crippen molar-refractivity contribution in [2.24, 2.45) is 4.99 Å². The minimum atomic E-state index is -0.134. The zero-order chi connectivity index (χ0) is 35.5. The van der Waals surface area contributed by atoms with E-state index in [1.165, 1.54) is 5.56 Å². The number of ether oxygens (including phenoxy) is 3. The molecule has 1 unspecified atom stereocenters. The van der Waals surface area contributed by atoms with E-state index in [2.05, 4.69) is 49.9 Å². The number of rotatable bonds is 12. The highest BCUT2D eigenvalue weighted by Crippen LogP contribution is 2.39. The minimum Gasteiger partial charge on any atom is -0.493 e. The fourth-order valence-corrected chi connectivity index (χ4v) is 6.92. The predicted molar refractivity (Wildman–Crippen MR) is 198 cm³/mol. The van der Waals surface area contributed by atoms with Crippen molar-refractivity contribution in [2.45, 2.75) is 71.2 Å². The molecule has 260 valence electrons. The maximum atomic E-state index is 13.4. The summed E-state index contributed by atoms with van der Waals surface area (Å²) in [5.41, 5.74) is 14.3. The number of aliphatic imine (C=N–C) groups is 1. The molecule has 9 nitrogen and oxygen atoms in total. The summed E-state index contributed by atoms with van der Waals surface area (Å²) in [6, 6.07) is 13.3. The molecule has 3 aliphatic rings. The zero-order valence-corrected chi connectivity index (χ0v) is 29.3. The molecule has 0 saturated carbocycles. The van der Waals surface area contributed by atoms with Crippen molar-refractivity contribution < 1.29 is 23.8 Å². The molecule has 6 rings (SSSR count). The number of carbonyl (C=O) groups is 2. The molecule has 2 N–H and O–H groups in total. The van der Waals surface area contributed by atoms with Crippen molar-refractivity contribution in [3.05, 3.63) is 113 Å². The van der Waals surface area contributed by atoms with E-state index in [-0.39, 0.29) is 30.5 Å². The van der Waals surface area contributed by atoms with Gasteiger partial charge in [0.2, 0.25) is 0 Å². The first-order chi connectivity index (χ1) is 24.1. The molecule has 2 saturated heterocycles. The normalized spacial score (nSPS) is 18.2. The molecule has 3 aromatic carbocycles. The number of aryl methyl sites for hydroxylation is 2. The molecule has 50 heavy (non-hydrogen) atoms. The number of carbonyl (C=O) groups excluding carboxylic acids is 2. The van der Waals surface area contributed by atoms with Crippen LogP contribution < -0.4 is 19.9 Å². The summed E-state index contributed by atoms with van der Waals surface area (Å²) in [4.78, 5) is 35.0. The van der Waals surface area contributed by atoms with Gasteiger partial charge in [-0.3, -0.25) is 14.6 Å². The summed E-state index contributed by atoms with van der Waals surface area (Å²) in [5, 5.41) is 0. The third-order valence-electron chi connectivity index (χ3n) is 9.57. The Morgan fingerprint density at radius 2 is 1.66 bits per heavy atom. The number of nitrogens with two attached hydrogens (primary N) is 1. The molecule has 9 heteroatoms. The highest BCUT2D eigenvalue weighted by atomic mass is 16.5. The second-order valence-electron chi connectivity index (χ2n) is 13.5. The van der Waals surface area contributed by atoms with Gasteiger partial charge in [0, 0.05) is 37.1 Å². The van der Waals surface area contributed by atoms with Gasteiger partial charge < -0.3 is 29.7 Å². The topological polar surface area (TPSA) is 107 Å². The summed E-state index contributed by atoms with van der Waals surface area (Å²) in [6.45, 7) is 17.7. The first kappa shape index (κ1) is 34.5. The number of fused-ring (bicyclic) bond motifs is 2. The molecule has 0 aliphatic carbocycles. The van der Waals surface area contributed by atoms with E-state index < -0.39 is 0 Å². The van der Waals surface area contributed by atoms with Crippen LogP contribution in [0, 0.1) is 6.92 Å². The largest absolute Gasteiger partial charge is 0.493 e. The van der Waals surface area contributed by atoms with E-state index in [1.54, 1.807) is 47.3 Å². The van der Waals surface area contributed by atoms with Crippen molar-refractivity contribution in [1.29, 1.82) is 0 Å². The number of amides is 2. The Kier molecular flexibility index (Phi) is 10.1. The van der Waals surface area contributed by atoms with Crippen LogP contribution in [0.1, 0.15) is 75.6 Å². The van der Waals surface area contributed by atoms with Crippen LogP contribution in [0.2, 0.25) is 0 Å². The van der Waals surface area contributed by atoms with Crippen LogP contribution in [0.25, 0.3) is 0 Å². The van der Waals surface area contributed by atoms with Crippen LogP contribution in [0.15, 0.2) is 84.4 Å². The highest BCUT2D eigenvalue weighted by molar-refractivity contribution is 6.04. The number of hydrogen-bond donors (Lipinski definition) is 1. The maximum Gasteiger partial charge on any atom is 0.257 e. The lowest BCUT2D eigenvalue weighted by molar-refractivity contribution is 0.0761. The van der Waals surface area contributed by atoms with Gasteiger partial charge in [0.15, 0.2) is 11.5 Å². The zero-order valence-electron chi connectivity index (χ0n) is 29.3. The lowest BCUT2D eigenvalue weighted by atomic mass is 10.0. The van der Waals surface area contributed by atoms with Crippen molar-refractivity contribution in [2.75, 3.05) is 25.9 Å². The molecule has 2 amide bonds. The molecular formula is C41H46N4O5. The number of benzene rings is 3. The van der Waals surface area contributed by atoms with Crippen molar-refractivity contribution in [3.8, 4) is 17.2 Å². The third kappa shape index (κ3) is 7.18. The summed E-state index contributed by atoms with van der Waals surface area (Å²) >= 11 is 0. The number of anilines is 1. The number of hydrogen-bond acceptors (Lipinski definition) is 7. The second-order valence-corrected chi connectivity index (χ2v) is 13.5. The molecule has 3 heterocycles. The van der Waals surface area contributed by atoms with Crippen molar-refractivity contribution in [3.63, 3.8) is 0 Å². The fourth-order valence-electron chi connectivity index (χ4n) is 6.92. The van der Waals surface area contributed by atoms with Gasteiger partial charge >= 0.3 is 0 Å². The van der Waals surface area contributed by atoms with Gasteiger partial charge in [-0.1, -0.05) is 55.9 Å². The quantitative estimate of drug-likeness (QED) is 0.157. The van der Waals surface area contributed by atoms with E-state index in [0.717, 1.165) is 47.1 Å². The van der Waals surface area contributed by atoms with E-state index in [1.807, 2.05) is 13.1 Å². The van der Waals surface area contributed by atoms with Gasteiger partial charge in [-0.25, -0.2) is 0 Å². The number of nitrogen functional groups attached to an aromatic ring is 1. The Morgan fingerprint density at radius 1 is 0.960 bits per heavy atom. The Bertz CT molecular complexity index is 1900. The lowest BCUT2D eigenvalue weighted by Crippen LogP contribution is -2.35. The lowest BCUT2D eigenvalue weighted by Gasteiger charge is -2.23. The van der Waals surface area contributed by atoms with Gasteiger partial charge in [0.05, 0.1) is 36.0 Å². The maximum absolute atomic E-state index is 13.4. The molecule has 0 radical (unpaired) electrons. The van der Waals surface area contributed by atoms with E-state index in [4.69, 9.17) is 19.9 Å². The van der Waals surface area contributed by atoms with Crippen molar-refractivity contribution >= 4 is 29.4 Å². The average Bonchev–Trinajstić information content (AvgIpc) is 3.66. The highest BCUT2D eigenvalue weighted by Gasteiger charge is 2.34. The van der Waals surface area contributed by atoms with Crippen LogP contribution in [0.3, 0.4) is 0 Å². The molecule has 0 spiro atoms. The number of likely N-dealkylation sites (tertiary alicyclic amines) is 1. The Morgan fingerprint density at radius 3 is 2.36 bits per heavy atom. The van der Waals surface area contributed by atoms with Crippen molar-refractivity contribution in [1.82, 2.24) is 9.80 Å². The van der Waals surface area contributed by atoms with Gasteiger partial charge in [0.1, 0.15) is 19.0 Å². The number of methoxy groups -OCH3 is 1. The van der Waals surface area contributed by atoms with E-state index >= 15 is 0 Å². The summed E-state index contributed by atoms with van der Waals surface area (Å²) in [6.07, 6.45) is 8.10. The number of unbranched alkanes of at least 4 members (excludes halogenated alkanes) is 1. The summed E-state index contributed by atoms with van der Waals surface area (Å²) in [5.74, 6) is 1.38. The molecule has 0 bridgehead atoms. The van der Waals surface area contributed by atoms with Gasteiger partial charge in [0.25, 0.3) is 11.8 Å². The van der Waals surface area contributed by atoms with E-state index in [9.17, 15) is 9.59 Å². The second kappa shape index (κ2) is 14.7. The Hall–Kier alpha value is -5.31. The molecular weight excluding hydrogens is 628 g/mol. The fraction of sp³-hybridized carbons (Fsp3) is 0.341. The molecule has 2 fully saturated rings. The van der Waals surface area contributed by atoms with Crippen LogP contribution in [0.5, 0.6) is 17.2 Å². The standard InChI is InChI=1S/C41H46N4O5/c1-7-9-10-28-14-29(23-49-37-18-35(42)33(13-27(37)5)40(46)44-21-25(3)11-31(44)8-2)16-30(15-28)24-50-39-19-36-34(17-38(39)48-6)41(47)45-22-26(4)12-32(45)20-43-36/h8,13-20,31-32H,2-4,7,9-12,21-24,42H2,1,5-6H3/t31-,32?/m1/s1. The monoisotopic (exact) mass is 674 g/mol. The van der Waals surface area contributed by atoms with Gasteiger partial charge in [-0.05, 0) is 73.1 Å². The first-order valence-electron chi connectivity index (χ1n) is 17.2. The predicted octanol–water partition coefficient (Wildman–Crippen LogP) is 7.53. The van der Waals surface area contributed by atoms with Crippen LogP contribution in [-0.4, -0.2) is 60.1 Å². The molecule has 0 aromatic heterocycles.